The summed E-state index contributed by atoms with van der Waals surface area (Å²) in [5.74, 6) is 1.25. The summed E-state index contributed by atoms with van der Waals surface area (Å²) in [5, 5.41) is 9.96. The summed E-state index contributed by atoms with van der Waals surface area (Å²) >= 11 is 0. The number of rotatable bonds is 14. The zero-order valence-electron chi connectivity index (χ0n) is 27.4. The van der Waals surface area contributed by atoms with E-state index < -0.39 is 29.8 Å². The van der Waals surface area contributed by atoms with Crippen molar-refractivity contribution in [2.45, 2.75) is 51.0 Å². The van der Waals surface area contributed by atoms with Gasteiger partial charge in [0.05, 0.1) is 41.5 Å². The van der Waals surface area contributed by atoms with Crippen molar-refractivity contribution in [1.82, 2.24) is 9.97 Å². The summed E-state index contributed by atoms with van der Waals surface area (Å²) in [6, 6.07) is 16.7. The van der Waals surface area contributed by atoms with E-state index in [2.05, 4.69) is 16.9 Å². The largest absolute Gasteiger partial charge is 0.504 e. The minimum Gasteiger partial charge on any atom is -0.504 e. The molecule has 0 bridgehead atoms. The average Bonchev–Trinajstić information content (AvgIpc) is 2.96. The molecule has 0 aliphatic rings. The Morgan fingerprint density at radius 1 is 0.604 bits per heavy atom. The first-order chi connectivity index (χ1) is 22.4. The van der Waals surface area contributed by atoms with Crippen LogP contribution in [-0.4, -0.2) is 59.1 Å². The van der Waals surface area contributed by atoms with Gasteiger partial charge in [-0.2, -0.15) is 8.42 Å². The fourth-order valence-corrected chi connectivity index (χ4v) is 6.18. The highest BCUT2D eigenvalue weighted by Crippen LogP contribution is 2.34. The zero-order chi connectivity index (χ0) is 35.5. The van der Waals surface area contributed by atoms with E-state index in [4.69, 9.17) is 13.7 Å². The number of benzene rings is 2. The number of aromatic nitrogens is 2. The third-order valence-corrected chi connectivity index (χ3v) is 8.34. The summed E-state index contributed by atoms with van der Waals surface area (Å²) in [4.78, 5) is 8.10. The molecule has 0 fully saturated rings. The molecule has 48 heavy (non-hydrogen) atoms. The standard InChI is InChI=1S/C17H21NO6S2.C16H19NO4S/c1-4-5-13-6-9-16(17(10-13)24-26(3,21)22)23-15-8-7-14(18-11-15)12-25(2,19)20;1-3-4-12-5-8-16(15(18)9-12)21-14-7-6-13(17-10-14)11-22(2,19)20/h6-11H,4-5,12H2,1-3H3;5-10,18H,3-4,11H2,1-2H3. The first kappa shape index (κ1) is 38.2. The number of hydrogen-bond donors (Lipinski definition) is 1. The van der Waals surface area contributed by atoms with Crippen LogP contribution in [0.1, 0.15) is 49.2 Å². The van der Waals surface area contributed by atoms with Gasteiger partial charge in [0.1, 0.15) is 11.5 Å². The molecule has 0 atom stereocenters. The van der Waals surface area contributed by atoms with E-state index >= 15 is 0 Å². The highest BCUT2D eigenvalue weighted by Gasteiger charge is 2.14. The van der Waals surface area contributed by atoms with Gasteiger partial charge < -0.3 is 18.8 Å². The number of phenolic OH excluding ortho intramolecular Hbond substituents is 1. The molecule has 1 N–H and O–H groups in total. The maximum Gasteiger partial charge on any atom is 0.306 e. The maximum atomic E-state index is 11.5. The van der Waals surface area contributed by atoms with Gasteiger partial charge in [-0.1, -0.05) is 38.8 Å². The summed E-state index contributed by atoms with van der Waals surface area (Å²) in [6.07, 6.45) is 9.67. The van der Waals surface area contributed by atoms with Crippen molar-refractivity contribution in [2.24, 2.45) is 0 Å². The lowest BCUT2D eigenvalue weighted by molar-refractivity contribution is 0.409. The molecule has 0 aliphatic heterocycles. The van der Waals surface area contributed by atoms with E-state index in [-0.39, 0.29) is 28.8 Å². The van der Waals surface area contributed by atoms with Gasteiger partial charge in [0, 0.05) is 12.5 Å². The molecule has 2 aromatic carbocycles. The topological polar surface area (TPSA) is 176 Å². The van der Waals surface area contributed by atoms with E-state index in [0.29, 0.717) is 28.6 Å². The van der Waals surface area contributed by atoms with Crippen LogP contribution >= 0.6 is 0 Å². The second kappa shape index (κ2) is 16.8. The Hall–Kier alpha value is -4.21. The Kier molecular flexibility index (Phi) is 13.3. The summed E-state index contributed by atoms with van der Waals surface area (Å²) in [6.45, 7) is 4.09. The molecule has 0 saturated carbocycles. The lowest BCUT2D eigenvalue weighted by Crippen LogP contribution is -2.07. The predicted octanol–water partition coefficient (Wildman–Crippen LogP) is 5.79. The highest BCUT2D eigenvalue weighted by molar-refractivity contribution is 7.90. The van der Waals surface area contributed by atoms with Gasteiger partial charge in [-0.25, -0.2) is 16.8 Å². The molecule has 4 aromatic rings. The van der Waals surface area contributed by atoms with Gasteiger partial charge in [-0.15, -0.1) is 0 Å². The third-order valence-electron chi connectivity index (χ3n) is 6.22. The number of phenols is 1. The molecule has 0 radical (unpaired) electrons. The molecule has 0 spiro atoms. The van der Waals surface area contributed by atoms with Crippen molar-refractivity contribution < 1.29 is 44.0 Å². The molecule has 2 heterocycles. The Bertz CT molecular complexity index is 2000. The number of pyridine rings is 2. The fourth-order valence-electron chi connectivity index (χ4n) is 4.31. The smallest absolute Gasteiger partial charge is 0.306 e. The van der Waals surface area contributed by atoms with Crippen LogP contribution in [0, 0.1) is 0 Å². The monoisotopic (exact) mass is 720 g/mol. The number of hydrogen-bond acceptors (Lipinski definition) is 12. The van der Waals surface area contributed by atoms with Gasteiger partial charge in [0.25, 0.3) is 0 Å². The SMILES string of the molecule is CCCc1ccc(Oc2ccc(CS(C)(=O)=O)nc2)c(O)c1.CCCc1ccc(Oc2ccc(CS(C)(=O)=O)nc2)c(OS(C)(=O)=O)c1. The quantitative estimate of drug-likeness (QED) is 0.156. The number of aryl methyl sites for hydroxylation is 2. The molecule has 4 rings (SSSR count). The fraction of sp³-hybridized carbons (Fsp3) is 0.333. The van der Waals surface area contributed by atoms with Gasteiger partial charge >= 0.3 is 10.1 Å². The average molecular weight is 721 g/mol. The maximum absolute atomic E-state index is 11.5. The number of sulfone groups is 2. The molecule has 0 saturated heterocycles. The molecular formula is C33H40N2O10S3. The molecule has 0 amide bonds. The predicted molar refractivity (Wildman–Crippen MR) is 184 cm³/mol. The van der Waals surface area contributed by atoms with Gasteiger partial charge in [-0.05, 0) is 72.5 Å². The Labute approximate surface area is 282 Å². The van der Waals surface area contributed by atoms with Crippen LogP contribution in [0.2, 0.25) is 0 Å². The van der Waals surface area contributed by atoms with Crippen LogP contribution in [0.4, 0.5) is 0 Å². The summed E-state index contributed by atoms with van der Waals surface area (Å²) in [7, 11) is -10.00. The van der Waals surface area contributed by atoms with Crippen molar-refractivity contribution in [3.63, 3.8) is 0 Å². The molecule has 0 unspecified atom stereocenters. The minimum absolute atomic E-state index is 0.0752. The van der Waals surface area contributed by atoms with E-state index in [0.717, 1.165) is 55.6 Å². The van der Waals surface area contributed by atoms with Crippen LogP contribution < -0.4 is 13.7 Å². The second-order valence-corrected chi connectivity index (χ2v) is 17.0. The Morgan fingerprint density at radius 3 is 1.46 bits per heavy atom. The number of aromatic hydroxyl groups is 1. The van der Waals surface area contributed by atoms with Crippen LogP contribution in [0.5, 0.6) is 34.5 Å². The number of ether oxygens (including phenoxy) is 2. The van der Waals surface area contributed by atoms with Crippen molar-refractivity contribution in [2.75, 3.05) is 18.8 Å². The molecule has 0 aliphatic carbocycles. The lowest BCUT2D eigenvalue weighted by atomic mass is 10.1. The van der Waals surface area contributed by atoms with E-state index in [9.17, 15) is 30.4 Å². The number of nitrogens with zero attached hydrogens (tertiary/aromatic N) is 2. The first-order valence-electron chi connectivity index (χ1n) is 14.9. The van der Waals surface area contributed by atoms with Crippen LogP contribution in [-0.2, 0) is 54.1 Å². The molecule has 15 heteroatoms. The first-order valence-corrected chi connectivity index (χ1v) is 20.8. The van der Waals surface area contributed by atoms with Crippen LogP contribution in [0.15, 0.2) is 73.1 Å². The van der Waals surface area contributed by atoms with Gasteiger partial charge in [-0.3, -0.25) is 9.97 Å². The normalized spacial score (nSPS) is 11.7. The van der Waals surface area contributed by atoms with E-state index in [1.165, 1.54) is 12.4 Å². The van der Waals surface area contributed by atoms with Crippen molar-refractivity contribution in [3.8, 4) is 34.5 Å². The van der Waals surface area contributed by atoms with Crippen LogP contribution in [0.3, 0.4) is 0 Å². The molecule has 260 valence electrons. The van der Waals surface area contributed by atoms with Gasteiger partial charge in [0.2, 0.25) is 0 Å². The lowest BCUT2D eigenvalue weighted by Gasteiger charge is -2.12. The zero-order valence-corrected chi connectivity index (χ0v) is 29.9. The minimum atomic E-state index is -3.71. The summed E-state index contributed by atoms with van der Waals surface area (Å²) in [5.41, 5.74) is 2.83. The second-order valence-electron chi connectivity index (χ2n) is 11.2. The van der Waals surface area contributed by atoms with Crippen molar-refractivity contribution in [1.29, 1.82) is 0 Å². The Morgan fingerprint density at radius 2 is 1.06 bits per heavy atom. The van der Waals surface area contributed by atoms with Gasteiger partial charge in [0.15, 0.2) is 42.7 Å². The van der Waals surface area contributed by atoms with Crippen molar-refractivity contribution >= 4 is 29.8 Å². The van der Waals surface area contributed by atoms with E-state index in [1.54, 1.807) is 48.5 Å². The molecule has 2 aromatic heterocycles. The van der Waals surface area contributed by atoms with Crippen molar-refractivity contribution in [3.05, 3.63) is 95.6 Å². The summed E-state index contributed by atoms with van der Waals surface area (Å²) < 4.78 is 84.3. The highest BCUT2D eigenvalue weighted by atomic mass is 32.2. The molecular weight excluding hydrogens is 681 g/mol. The Balaban J connectivity index is 0.000000264. The molecule has 12 nitrogen and oxygen atoms in total. The van der Waals surface area contributed by atoms with Crippen LogP contribution in [0.25, 0.3) is 0 Å². The van der Waals surface area contributed by atoms with E-state index in [1.807, 2.05) is 19.1 Å². The third kappa shape index (κ3) is 13.9.